The van der Waals surface area contributed by atoms with Gasteiger partial charge in [0.1, 0.15) is 0 Å². The molecule has 3 N–H and O–H groups in total. The zero-order valence-corrected chi connectivity index (χ0v) is 16.5. The molecule has 4 rings (SSSR count). The summed E-state index contributed by atoms with van der Waals surface area (Å²) < 4.78 is 0. The Bertz CT molecular complexity index is 777. The summed E-state index contributed by atoms with van der Waals surface area (Å²) in [5, 5.41) is 2.89. The highest BCUT2D eigenvalue weighted by atomic mass is 16.1. The maximum Gasteiger partial charge on any atom is 0.221 e. The summed E-state index contributed by atoms with van der Waals surface area (Å²) in [4.78, 5) is 14.2. The lowest BCUT2D eigenvalue weighted by atomic mass is 9.84. The molecule has 5 heteroatoms. The van der Waals surface area contributed by atoms with E-state index >= 15 is 0 Å². The lowest BCUT2D eigenvalue weighted by Gasteiger charge is -2.36. The van der Waals surface area contributed by atoms with E-state index in [1.165, 1.54) is 16.7 Å². The van der Waals surface area contributed by atoms with E-state index in [4.69, 9.17) is 0 Å². The van der Waals surface area contributed by atoms with Gasteiger partial charge in [-0.3, -0.25) is 10.2 Å². The molecule has 5 nitrogen and oxygen atoms in total. The van der Waals surface area contributed by atoms with Crippen LogP contribution in [0.2, 0.25) is 0 Å². The Labute approximate surface area is 167 Å². The van der Waals surface area contributed by atoms with Crippen LogP contribution in [0.25, 0.3) is 11.1 Å². The highest BCUT2D eigenvalue weighted by Crippen LogP contribution is 2.34. The summed E-state index contributed by atoms with van der Waals surface area (Å²) in [6.45, 7) is 5.59. The van der Waals surface area contributed by atoms with Crippen molar-refractivity contribution in [2.45, 2.75) is 31.8 Å². The van der Waals surface area contributed by atoms with Gasteiger partial charge in [0, 0.05) is 38.0 Å². The molecule has 2 saturated heterocycles. The number of piperidine rings is 1. The summed E-state index contributed by atoms with van der Waals surface area (Å²) in [7, 11) is 0. The standard InChI is InChI=1S/C23H30N4O/c1-2-24-22(28)13-15-27-14-12-21-20(16-27)23(26-25-21)19-10-8-18(9-11-19)17-6-4-3-5-7-17/h3-11,20-21,23,25-26H,2,12-16H2,1H3,(H,24,28). The van der Waals surface area contributed by atoms with Crippen molar-refractivity contribution in [3.05, 3.63) is 60.2 Å². The number of rotatable bonds is 6. The van der Waals surface area contributed by atoms with Gasteiger partial charge in [-0.25, -0.2) is 5.43 Å². The molecule has 0 saturated carbocycles. The first-order valence-corrected chi connectivity index (χ1v) is 10.4. The first kappa shape index (κ1) is 19.1. The Kier molecular flexibility index (Phi) is 6.05. The van der Waals surface area contributed by atoms with Crippen molar-refractivity contribution in [2.24, 2.45) is 5.92 Å². The zero-order chi connectivity index (χ0) is 19.3. The highest BCUT2D eigenvalue weighted by molar-refractivity contribution is 5.75. The number of nitrogens with one attached hydrogen (secondary N) is 3. The molecule has 2 aromatic carbocycles. The van der Waals surface area contributed by atoms with Gasteiger partial charge in [0.15, 0.2) is 0 Å². The minimum atomic E-state index is 0.153. The molecular formula is C23H30N4O. The predicted molar refractivity (Wildman–Crippen MR) is 113 cm³/mol. The fraction of sp³-hybridized carbons (Fsp3) is 0.435. The van der Waals surface area contributed by atoms with Gasteiger partial charge < -0.3 is 10.2 Å². The van der Waals surface area contributed by atoms with Crippen LogP contribution in [-0.2, 0) is 4.79 Å². The van der Waals surface area contributed by atoms with Gasteiger partial charge in [0.25, 0.3) is 0 Å². The molecule has 2 aromatic rings. The van der Waals surface area contributed by atoms with Gasteiger partial charge in [0.2, 0.25) is 5.91 Å². The van der Waals surface area contributed by atoms with Crippen molar-refractivity contribution in [3.63, 3.8) is 0 Å². The van der Waals surface area contributed by atoms with Crippen molar-refractivity contribution in [2.75, 3.05) is 26.2 Å². The van der Waals surface area contributed by atoms with Crippen LogP contribution in [0.3, 0.4) is 0 Å². The third kappa shape index (κ3) is 4.27. The van der Waals surface area contributed by atoms with Crippen molar-refractivity contribution in [1.82, 2.24) is 21.1 Å². The summed E-state index contributed by atoms with van der Waals surface area (Å²) in [5.74, 6) is 0.672. The Morgan fingerprint density at radius 1 is 1.07 bits per heavy atom. The minimum Gasteiger partial charge on any atom is -0.356 e. The van der Waals surface area contributed by atoms with Crippen LogP contribution in [0.15, 0.2) is 54.6 Å². The van der Waals surface area contributed by atoms with E-state index in [-0.39, 0.29) is 5.91 Å². The molecule has 0 aromatic heterocycles. The molecule has 3 unspecified atom stereocenters. The molecule has 2 heterocycles. The topological polar surface area (TPSA) is 56.4 Å². The van der Waals surface area contributed by atoms with E-state index in [1.807, 2.05) is 13.0 Å². The third-order valence-corrected chi connectivity index (χ3v) is 6.00. The number of carbonyl (C=O) groups is 1. The summed E-state index contributed by atoms with van der Waals surface area (Å²) in [5.41, 5.74) is 10.8. The molecule has 2 fully saturated rings. The van der Waals surface area contributed by atoms with Crippen molar-refractivity contribution >= 4 is 5.91 Å². The SMILES string of the molecule is CCNC(=O)CCN1CCC2NNC(c3ccc(-c4ccccc4)cc3)C2C1. The molecule has 28 heavy (non-hydrogen) atoms. The smallest absolute Gasteiger partial charge is 0.221 e. The monoisotopic (exact) mass is 378 g/mol. The molecule has 0 aliphatic carbocycles. The largest absolute Gasteiger partial charge is 0.356 e. The summed E-state index contributed by atoms with van der Waals surface area (Å²) in [6.07, 6.45) is 1.70. The Morgan fingerprint density at radius 2 is 1.82 bits per heavy atom. The lowest BCUT2D eigenvalue weighted by Crippen LogP contribution is -2.46. The van der Waals surface area contributed by atoms with E-state index < -0.39 is 0 Å². The van der Waals surface area contributed by atoms with Gasteiger partial charge in [-0.1, -0.05) is 54.6 Å². The van der Waals surface area contributed by atoms with E-state index in [2.05, 4.69) is 69.6 Å². The predicted octanol–water partition coefficient (Wildman–Crippen LogP) is 2.72. The molecular weight excluding hydrogens is 348 g/mol. The average molecular weight is 379 g/mol. The maximum atomic E-state index is 11.8. The number of benzene rings is 2. The van der Waals surface area contributed by atoms with Gasteiger partial charge in [-0.2, -0.15) is 0 Å². The second kappa shape index (κ2) is 8.86. The summed E-state index contributed by atoms with van der Waals surface area (Å²) >= 11 is 0. The van der Waals surface area contributed by atoms with Gasteiger partial charge in [-0.15, -0.1) is 0 Å². The van der Waals surface area contributed by atoms with Crippen LogP contribution in [0.4, 0.5) is 0 Å². The van der Waals surface area contributed by atoms with Gasteiger partial charge >= 0.3 is 0 Å². The molecule has 2 aliphatic heterocycles. The lowest BCUT2D eigenvalue weighted by molar-refractivity contribution is -0.121. The quantitative estimate of drug-likeness (QED) is 0.723. The number of hydrazine groups is 1. The van der Waals surface area contributed by atoms with E-state index in [1.54, 1.807) is 0 Å². The van der Waals surface area contributed by atoms with Crippen LogP contribution in [0.5, 0.6) is 0 Å². The number of likely N-dealkylation sites (tertiary alicyclic amines) is 1. The molecule has 3 atom stereocenters. The average Bonchev–Trinajstić information content (AvgIpc) is 3.16. The first-order chi connectivity index (χ1) is 13.7. The van der Waals surface area contributed by atoms with Crippen LogP contribution >= 0.6 is 0 Å². The van der Waals surface area contributed by atoms with Crippen molar-refractivity contribution < 1.29 is 4.79 Å². The van der Waals surface area contributed by atoms with E-state index in [9.17, 15) is 4.79 Å². The van der Waals surface area contributed by atoms with E-state index in [0.29, 0.717) is 31.0 Å². The molecule has 0 spiro atoms. The van der Waals surface area contributed by atoms with Crippen molar-refractivity contribution in [1.29, 1.82) is 0 Å². The number of nitrogens with zero attached hydrogens (tertiary/aromatic N) is 1. The number of fused-ring (bicyclic) bond motifs is 1. The highest BCUT2D eigenvalue weighted by Gasteiger charge is 2.40. The normalized spacial score (nSPS) is 24.7. The fourth-order valence-electron chi connectivity index (χ4n) is 4.47. The first-order valence-electron chi connectivity index (χ1n) is 10.4. The van der Waals surface area contributed by atoms with Gasteiger partial charge in [-0.05, 0) is 36.6 Å². The Morgan fingerprint density at radius 3 is 2.57 bits per heavy atom. The second-order valence-corrected chi connectivity index (χ2v) is 7.82. The van der Waals surface area contributed by atoms with Crippen molar-refractivity contribution in [3.8, 4) is 11.1 Å². The number of hydrogen-bond acceptors (Lipinski definition) is 4. The molecule has 0 radical (unpaired) electrons. The van der Waals surface area contributed by atoms with Gasteiger partial charge in [0.05, 0.1) is 6.04 Å². The number of carbonyl (C=O) groups excluding carboxylic acids is 1. The number of hydrogen-bond donors (Lipinski definition) is 3. The minimum absolute atomic E-state index is 0.153. The third-order valence-electron chi connectivity index (χ3n) is 6.00. The number of amides is 1. The molecule has 2 aliphatic rings. The summed E-state index contributed by atoms with van der Waals surface area (Å²) in [6, 6.07) is 20.2. The fourth-order valence-corrected chi connectivity index (χ4v) is 4.47. The zero-order valence-electron chi connectivity index (χ0n) is 16.5. The second-order valence-electron chi connectivity index (χ2n) is 7.82. The van der Waals surface area contributed by atoms with Crippen LogP contribution < -0.4 is 16.2 Å². The van der Waals surface area contributed by atoms with Crippen LogP contribution in [-0.4, -0.2) is 43.0 Å². The Hall–Kier alpha value is -2.21. The van der Waals surface area contributed by atoms with Crippen LogP contribution in [0, 0.1) is 5.92 Å². The van der Waals surface area contributed by atoms with E-state index in [0.717, 1.165) is 26.1 Å². The Balaban J connectivity index is 1.40. The maximum absolute atomic E-state index is 11.8. The molecule has 148 valence electrons. The van der Waals surface area contributed by atoms with Crippen LogP contribution in [0.1, 0.15) is 31.4 Å². The molecule has 1 amide bonds. The molecule has 0 bridgehead atoms.